The molecule has 0 radical (unpaired) electrons. The van der Waals surface area contributed by atoms with Gasteiger partial charge in [-0.25, -0.2) is 0 Å². The third-order valence-corrected chi connectivity index (χ3v) is 4.63. The Labute approximate surface area is 126 Å². The molecule has 6 heteroatoms. The number of nitrogens with zero attached hydrogens (tertiary/aromatic N) is 2. The van der Waals surface area contributed by atoms with E-state index in [0.717, 1.165) is 52.1 Å². The lowest BCUT2D eigenvalue weighted by Gasteiger charge is -2.39. The second-order valence-electron chi connectivity index (χ2n) is 6.01. The highest BCUT2D eigenvalue weighted by Gasteiger charge is 2.29. The summed E-state index contributed by atoms with van der Waals surface area (Å²) >= 11 is 0. The Morgan fingerprint density at radius 1 is 1.19 bits per heavy atom. The summed E-state index contributed by atoms with van der Waals surface area (Å²) < 4.78 is 4.71. The number of rotatable bonds is 4. The van der Waals surface area contributed by atoms with E-state index in [9.17, 15) is 9.59 Å². The van der Waals surface area contributed by atoms with Gasteiger partial charge in [-0.3, -0.25) is 14.5 Å². The van der Waals surface area contributed by atoms with Crippen LogP contribution in [0.4, 0.5) is 0 Å². The molecule has 0 aromatic heterocycles. The Hall–Kier alpha value is -1.14. The summed E-state index contributed by atoms with van der Waals surface area (Å²) in [6, 6.07) is 0.175. The molecule has 2 fully saturated rings. The van der Waals surface area contributed by atoms with Gasteiger partial charge >= 0.3 is 5.97 Å². The number of piperazine rings is 1. The molecule has 1 N–H and O–H groups in total. The second kappa shape index (κ2) is 7.75. The zero-order valence-corrected chi connectivity index (χ0v) is 13.1. The summed E-state index contributed by atoms with van der Waals surface area (Å²) in [6.45, 7) is 7.17. The SMILES string of the molecule is COC(=O)CC(C)N1CCN(C(=O)C2CCNCC2)CC1. The van der Waals surface area contributed by atoms with Gasteiger partial charge in [0.2, 0.25) is 5.91 Å². The van der Waals surface area contributed by atoms with Crippen molar-refractivity contribution in [3.05, 3.63) is 0 Å². The zero-order chi connectivity index (χ0) is 15.2. The highest BCUT2D eigenvalue weighted by molar-refractivity contribution is 5.79. The van der Waals surface area contributed by atoms with Gasteiger partial charge in [0, 0.05) is 38.1 Å². The van der Waals surface area contributed by atoms with Gasteiger partial charge < -0.3 is 15.0 Å². The number of hydrogen-bond acceptors (Lipinski definition) is 5. The predicted molar refractivity (Wildman–Crippen MR) is 79.8 cm³/mol. The molecule has 1 amide bonds. The molecule has 0 saturated carbocycles. The van der Waals surface area contributed by atoms with E-state index in [4.69, 9.17) is 4.74 Å². The van der Waals surface area contributed by atoms with Crippen molar-refractivity contribution in [2.24, 2.45) is 5.92 Å². The quantitative estimate of drug-likeness (QED) is 0.745. The molecule has 2 heterocycles. The van der Waals surface area contributed by atoms with Gasteiger partial charge in [-0.1, -0.05) is 0 Å². The van der Waals surface area contributed by atoms with Crippen LogP contribution in [0.1, 0.15) is 26.2 Å². The van der Waals surface area contributed by atoms with Crippen molar-refractivity contribution in [2.75, 3.05) is 46.4 Å². The molecule has 1 unspecified atom stereocenters. The molecule has 2 saturated heterocycles. The van der Waals surface area contributed by atoms with Crippen molar-refractivity contribution in [2.45, 2.75) is 32.2 Å². The Bertz CT molecular complexity index is 361. The van der Waals surface area contributed by atoms with E-state index in [1.54, 1.807) is 0 Å². The average Bonchev–Trinajstić information content (AvgIpc) is 2.55. The van der Waals surface area contributed by atoms with Crippen molar-refractivity contribution in [1.82, 2.24) is 15.1 Å². The van der Waals surface area contributed by atoms with E-state index in [1.807, 2.05) is 11.8 Å². The summed E-state index contributed by atoms with van der Waals surface area (Å²) in [5.41, 5.74) is 0. The zero-order valence-electron chi connectivity index (χ0n) is 13.1. The van der Waals surface area contributed by atoms with Gasteiger partial charge in [-0.15, -0.1) is 0 Å². The van der Waals surface area contributed by atoms with E-state index in [2.05, 4.69) is 10.2 Å². The summed E-state index contributed by atoms with van der Waals surface area (Å²) in [7, 11) is 1.42. The van der Waals surface area contributed by atoms with Gasteiger partial charge in [-0.05, 0) is 32.9 Å². The maximum Gasteiger partial charge on any atom is 0.307 e. The number of carbonyl (C=O) groups excluding carboxylic acids is 2. The average molecular weight is 297 g/mol. The molecule has 2 aliphatic rings. The number of carbonyl (C=O) groups is 2. The van der Waals surface area contributed by atoms with Crippen LogP contribution in [0.3, 0.4) is 0 Å². The Morgan fingerprint density at radius 2 is 1.81 bits per heavy atom. The predicted octanol–water partition coefficient (Wildman–Crippen LogP) is 0.0818. The largest absolute Gasteiger partial charge is 0.469 e. The normalized spacial score (nSPS) is 22.9. The monoisotopic (exact) mass is 297 g/mol. The van der Waals surface area contributed by atoms with Crippen LogP contribution in [0.2, 0.25) is 0 Å². The molecule has 0 aromatic rings. The summed E-state index contributed by atoms with van der Waals surface area (Å²) in [5.74, 6) is 0.345. The molecule has 6 nitrogen and oxygen atoms in total. The third-order valence-electron chi connectivity index (χ3n) is 4.63. The second-order valence-corrected chi connectivity index (χ2v) is 6.01. The minimum Gasteiger partial charge on any atom is -0.469 e. The van der Waals surface area contributed by atoms with Gasteiger partial charge in [0.25, 0.3) is 0 Å². The molecule has 1 atom stereocenters. The smallest absolute Gasteiger partial charge is 0.307 e. The fourth-order valence-electron chi connectivity index (χ4n) is 3.16. The Morgan fingerprint density at radius 3 is 2.38 bits per heavy atom. The summed E-state index contributed by atoms with van der Waals surface area (Å²) in [6.07, 6.45) is 2.33. The highest BCUT2D eigenvalue weighted by atomic mass is 16.5. The van der Waals surface area contributed by atoms with Crippen molar-refractivity contribution >= 4 is 11.9 Å². The molecule has 120 valence electrons. The molecular formula is C15H27N3O3. The van der Waals surface area contributed by atoms with Gasteiger partial charge in [0.1, 0.15) is 0 Å². The van der Waals surface area contributed by atoms with Crippen molar-refractivity contribution < 1.29 is 14.3 Å². The number of hydrogen-bond donors (Lipinski definition) is 1. The first-order chi connectivity index (χ1) is 10.1. The maximum atomic E-state index is 12.5. The van der Waals surface area contributed by atoms with Crippen LogP contribution >= 0.6 is 0 Å². The lowest BCUT2D eigenvalue weighted by molar-refractivity contribution is -0.143. The van der Waals surface area contributed by atoms with Crippen LogP contribution in [0.5, 0.6) is 0 Å². The number of ether oxygens (including phenoxy) is 1. The first kappa shape index (κ1) is 16.2. The van der Waals surface area contributed by atoms with E-state index in [-0.39, 0.29) is 17.9 Å². The number of methoxy groups -OCH3 is 1. The molecule has 0 spiro atoms. The topological polar surface area (TPSA) is 61.9 Å². The fraction of sp³-hybridized carbons (Fsp3) is 0.867. The van der Waals surface area contributed by atoms with Crippen molar-refractivity contribution in [3.63, 3.8) is 0 Å². The third kappa shape index (κ3) is 4.41. The molecule has 2 aliphatic heterocycles. The van der Waals surface area contributed by atoms with E-state index < -0.39 is 0 Å². The first-order valence-electron chi connectivity index (χ1n) is 7.92. The summed E-state index contributed by atoms with van der Waals surface area (Å²) in [4.78, 5) is 28.0. The van der Waals surface area contributed by atoms with Crippen LogP contribution in [0.15, 0.2) is 0 Å². The Kier molecular flexibility index (Phi) is 5.99. The molecule has 0 aliphatic carbocycles. The fourth-order valence-corrected chi connectivity index (χ4v) is 3.16. The van der Waals surface area contributed by atoms with Gasteiger partial charge in [0.15, 0.2) is 0 Å². The molecule has 2 rings (SSSR count). The highest BCUT2D eigenvalue weighted by Crippen LogP contribution is 2.17. The van der Waals surface area contributed by atoms with E-state index >= 15 is 0 Å². The van der Waals surface area contributed by atoms with Crippen molar-refractivity contribution in [3.8, 4) is 0 Å². The number of nitrogens with one attached hydrogen (secondary N) is 1. The van der Waals surface area contributed by atoms with Crippen LogP contribution < -0.4 is 5.32 Å². The van der Waals surface area contributed by atoms with Crippen LogP contribution in [0.25, 0.3) is 0 Å². The molecule has 0 bridgehead atoms. The summed E-state index contributed by atoms with van der Waals surface area (Å²) in [5, 5.41) is 3.30. The number of amides is 1. The van der Waals surface area contributed by atoms with Crippen LogP contribution in [-0.2, 0) is 14.3 Å². The first-order valence-corrected chi connectivity index (χ1v) is 7.92. The number of piperidine rings is 1. The standard InChI is InChI=1S/C15H27N3O3/c1-12(11-14(19)21-2)17-7-9-18(10-8-17)15(20)13-3-5-16-6-4-13/h12-13,16H,3-11H2,1-2H3. The van der Waals surface area contributed by atoms with Crippen molar-refractivity contribution in [1.29, 1.82) is 0 Å². The van der Waals surface area contributed by atoms with Gasteiger partial charge in [0.05, 0.1) is 13.5 Å². The molecular weight excluding hydrogens is 270 g/mol. The van der Waals surface area contributed by atoms with Crippen LogP contribution in [0, 0.1) is 5.92 Å². The maximum absolute atomic E-state index is 12.5. The minimum absolute atomic E-state index is 0.171. The lowest BCUT2D eigenvalue weighted by Crippen LogP contribution is -2.53. The molecule has 0 aromatic carbocycles. The lowest BCUT2D eigenvalue weighted by atomic mass is 9.96. The number of esters is 1. The van der Waals surface area contributed by atoms with E-state index in [0.29, 0.717) is 12.3 Å². The van der Waals surface area contributed by atoms with Gasteiger partial charge in [-0.2, -0.15) is 0 Å². The van der Waals surface area contributed by atoms with E-state index in [1.165, 1.54) is 7.11 Å². The van der Waals surface area contributed by atoms with Crippen LogP contribution in [-0.4, -0.2) is 74.1 Å². The minimum atomic E-state index is -0.171. The molecule has 21 heavy (non-hydrogen) atoms. The Balaban J connectivity index is 1.77.